The lowest BCUT2D eigenvalue weighted by molar-refractivity contribution is -0.134. The van der Waals surface area contributed by atoms with Gasteiger partial charge in [0.05, 0.1) is 6.04 Å². The molecule has 0 bridgehead atoms. The molecule has 4 rings (SSSR count). The number of nitrogens with zero attached hydrogens (tertiary/aromatic N) is 2. The van der Waals surface area contributed by atoms with Gasteiger partial charge in [-0.1, -0.05) is 49.7 Å². The number of rotatable bonds is 9. The van der Waals surface area contributed by atoms with Gasteiger partial charge in [0.15, 0.2) is 6.61 Å². The molecular weight excluding hydrogens is 438 g/mol. The van der Waals surface area contributed by atoms with Crippen molar-refractivity contribution in [3.05, 3.63) is 64.7 Å². The SMILES string of the molecule is Cc1ccc(C2c3cc(OCC(=O)NCCN4CCCC4)ccc3CCN2C(=O)CC(C)C)cc1. The summed E-state index contributed by atoms with van der Waals surface area (Å²) in [6.07, 6.45) is 3.85. The van der Waals surface area contributed by atoms with Gasteiger partial charge in [0.2, 0.25) is 5.91 Å². The van der Waals surface area contributed by atoms with Crippen LogP contribution >= 0.6 is 0 Å². The molecule has 188 valence electrons. The molecule has 0 radical (unpaired) electrons. The predicted molar refractivity (Wildman–Crippen MR) is 139 cm³/mol. The van der Waals surface area contributed by atoms with Crippen molar-refractivity contribution in [2.45, 2.75) is 52.5 Å². The molecule has 1 unspecified atom stereocenters. The van der Waals surface area contributed by atoms with Gasteiger partial charge in [0.25, 0.3) is 5.91 Å². The molecule has 0 spiro atoms. The molecule has 0 saturated carbocycles. The van der Waals surface area contributed by atoms with Crippen LogP contribution in [0, 0.1) is 12.8 Å². The Bertz CT molecular complexity index is 1010. The molecule has 6 heteroatoms. The molecule has 1 N–H and O–H groups in total. The lowest BCUT2D eigenvalue weighted by Gasteiger charge is -2.38. The molecule has 2 amide bonds. The fraction of sp³-hybridized carbons (Fsp3) is 0.517. The zero-order valence-electron chi connectivity index (χ0n) is 21.4. The zero-order valence-corrected chi connectivity index (χ0v) is 21.4. The minimum atomic E-state index is -0.150. The summed E-state index contributed by atoms with van der Waals surface area (Å²) in [6.45, 7) is 10.7. The van der Waals surface area contributed by atoms with Gasteiger partial charge >= 0.3 is 0 Å². The number of ether oxygens (including phenoxy) is 1. The van der Waals surface area contributed by atoms with Gasteiger partial charge in [-0.2, -0.15) is 0 Å². The van der Waals surface area contributed by atoms with Crippen LogP contribution in [0.1, 0.15) is 61.4 Å². The third-order valence-electron chi connectivity index (χ3n) is 6.96. The summed E-state index contributed by atoms with van der Waals surface area (Å²) in [5.41, 5.74) is 4.61. The number of amides is 2. The summed E-state index contributed by atoms with van der Waals surface area (Å²) in [7, 11) is 0. The van der Waals surface area contributed by atoms with Crippen LogP contribution < -0.4 is 10.1 Å². The average Bonchev–Trinajstić information content (AvgIpc) is 3.35. The van der Waals surface area contributed by atoms with Crippen LogP contribution in [0.4, 0.5) is 0 Å². The Morgan fingerprint density at radius 2 is 1.80 bits per heavy atom. The predicted octanol–water partition coefficient (Wildman–Crippen LogP) is 4.11. The van der Waals surface area contributed by atoms with E-state index in [1.807, 2.05) is 17.0 Å². The second kappa shape index (κ2) is 11.7. The summed E-state index contributed by atoms with van der Waals surface area (Å²) in [5, 5.41) is 2.96. The topological polar surface area (TPSA) is 61.9 Å². The molecule has 0 aromatic heterocycles. The Labute approximate surface area is 209 Å². The first-order valence-electron chi connectivity index (χ1n) is 13.0. The van der Waals surface area contributed by atoms with Gasteiger partial charge in [-0.05, 0) is 74.0 Å². The fourth-order valence-corrected chi connectivity index (χ4v) is 5.09. The minimum Gasteiger partial charge on any atom is -0.484 e. The minimum absolute atomic E-state index is 0.00994. The highest BCUT2D eigenvalue weighted by Crippen LogP contribution is 2.38. The molecule has 35 heavy (non-hydrogen) atoms. The first-order valence-corrected chi connectivity index (χ1v) is 13.0. The van der Waals surface area contributed by atoms with Crippen molar-refractivity contribution in [2.24, 2.45) is 5.92 Å². The molecule has 2 aliphatic rings. The van der Waals surface area contributed by atoms with Crippen molar-refractivity contribution >= 4 is 11.8 Å². The number of fused-ring (bicyclic) bond motifs is 1. The van der Waals surface area contributed by atoms with Crippen molar-refractivity contribution < 1.29 is 14.3 Å². The van der Waals surface area contributed by atoms with Gasteiger partial charge in [0.1, 0.15) is 5.75 Å². The number of likely N-dealkylation sites (tertiary alicyclic amines) is 1. The quantitative estimate of drug-likeness (QED) is 0.591. The van der Waals surface area contributed by atoms with E-state index in [1.54, 1.807) is 0 Å². The van der Waals surface area contributed by atoms with Crippen molar-refractivity contribution in [1.82, 2.24) is 15.1 Å². The Balaban J connectivity index is 1.47. The Kier molecular flexibility index (Phi) is 8.45. The smallest absolute Gasteiger partial charge is 0.257 e. The van der Waals surface area contributed by atoms with Crippen LogP contribution in [0.15, 0.2) is 42.5 Å². The molecule has 2 heterocycles. The van der Waals surface area contributed by atoms with E-state index in [0.29, 0.717) is 31.2 Å². The van der Waals surface area contributed by atoms with Gasteiger partial charge in [-0.3, -0.25) is 9.59 Å². The molecule has 2 aliphatic heterocycles. The molecule has 2 aromatic rings. The van der Waals surface area contributed by atoms with Crippen molar-refractivity contribution in [2.75, 3.05) is 39.3 Å². The van der Waals surface area contributed by atoms with E-state index in [2.05, 4.69) is 61.3 Å². The molecule has 2 aromatic carbocycles. The van der Waals surface area contributed by atoms with Crippen LogP contribution in [-0.4, -0.2) is 60.9 Å². The first kappa shape index (κ1) is 25.2. The Morgan fingerprint density at radius 3 is 2.51 bits per heavy atom. The van der Waals surface area contributed by atoms with Crippen LogP contribution in [0.25, 0.3) is 0 Å². The maximum absolute atomic E-state index is 13.2. The summed E-state index contributed by atoms with van der Waals surface area (Å²) >= 11 is 0. The Morgan fingerprint density at radius 1 is 1.06 bits per heavy atom. The van der Waals surface area contributed by atoms with Gasteiger partial charge in [0, 0.05) is 26.1 Å². The number of aryl methyl sites for hydroxylation is 1. The monoisotopic (exact) mass is 477 g/mol. The maximum atomic E-state index is 13.2. The van der Waals surface area contributed by atoms with Gasteiger partial charge < -0.3 is 19.9 Å². The molecule has 6 nitrogen and oxygen atoms in total. The third kappa shape index (κ3) is 6.63. The van der Waals surface area contributed by atoms with Crippen LogP contribution in [0.2, 0.25) is 0 Å². The number of carbonyl (C=O) groups is 2. The summed E-state index contributed by atoms with van der Waals surface area (Å²) in [6, 6.07) is 14.3. The van der Waals surface area contributed by atoms with Crippen molar-refractivity contribution in [3.63, 3.8) is 0 Å². The van der Waals surface area contributed by atoms with Crippen molar-refractivity contribution in [3.8, 4) is 5.75 Å². The van der Waals surface area contributed by atoms with E-state index < -0.39 is 0 Å². The first-order chi connectivity index (χ1) is 16.9. The van der Waals surface area contributed by atoms with E-state index in [4.69, 9.17) is 4.74 Å². The van der Waals surface area contributed by atoms with Crippen molar-refractivity contribution in [1.29, 1.82) is 0 Å². The lowest BCUT2D eigenvalue weighted by atomic mass is 9.87. The molecule has 1 fully saturated rings. The van der Waals surface area contributed by atoms with Gasteiger partial charge in [-0.25, -0.2) is 0 Å². The number of hydrogen-bond donors (Lipinski definition) is 1. The zero-order chi connectivity index (χ0) is 24.8. The molecule has 1 saturated heterocycles. The van der Waals surface area contributed by atoms with E-state index in [9.17, 15) is 9.59 Å². The Hall–Kier alpha value is -2.86. The standard InChI is InChI=1S/C29H39N3O3/c1-21(2)18-28(34)32-16-12-23-10-11-25(19-26(23)29(32)24-8-6-22(3)7-9-24)35-20-27(33)30-13-17-31-14-4-5-15-31/h6-11,19,21,29H,4-5,12-18,20H2,1-3H3,(H,30,33). The number of hydrogen-bond acceptors (Lipinski definition) is 4. The van der Waals surface area contributed by atoms with Gasteiger partial charge in [-0.15, -0.1) is 0 Å². The molecule has 1 atom stereocenters. The summed E-state index contributed by atoms with van der Waals surface area (Å²) in [4.78, 5) is 29.9. The normalized spacial score (nSPS) is 17.9. The molecular formula is C29H39N3O3. The highest BCUT2D eigenvalue weighted by atomic mass is 16.5. The second-order valence-corrected chi connectivity index (χ2v) is 10.3. The number of nitrogens with one attached hydrogen (secondary N) is 1. The fourth-order valence-electron chi connectivity index (χ4n) is 5.09. The summed E-state index contributed by atoms with van der Waals surface area (Å²) < 4.78 is 5.89. The van der Waals surface area contributed by atoms with E-state index in [1.165, 1.54) is 24.0 Å². The largest absolute Gasteiger partial charge is 0.484 e. The van der Waals surface area contributed by atoms with E-state index >= 15 is 0 Å². The second-order valence-electron chi connectivity index (χ2n) is 10.3. The maximum Gasteiger partial charge on any atom is 0.257 e. The number of carbonyl (C=O) groups excluding carboxylic acids is 2. The lowest BCUT2D eigenvalue weighted by Crippen LogP contribution is -2.41. The van der Waals surface area contributed by atoms with E-state index in [0.717, 1.165) is 37.2 Å². The third-order valence-corrected chi connectivity index (χ3v) is 6.96. The highest BCUT2D eigenvalue weighted by Gasteiger charge is 2.32. The van der Waals surface area contributed by atoms with E-state index in [-0.39, 0.29) is 24.5 Å². The molecule has 0 aliphatic carbocycles. The van der Waals surface area contributed by atoms with Crippen LogP contribution in [0.3, 0.4) is 0 Å². The van der Waals surface area contributed by atoms with Crippen LogP contribution in [0.5, 0.6) is 5.75 Å². The highest BCUT2D eigenvalue weighted by molar-refractivity contribution is 5.78. The summed E-state index contributed by atoms with van der Waals surface area (Å²) in [5.74, 6) is 1.04. The van der Waals surface area contributed by atoms with Crippen LogP contribution in [-0.2, 0) is 16.0 Å². The number of benzene rings is 2. The average molecular weight is 478 g/mol.